The van der Waals surface area contributed by atoms with Crippen molar-refractivity contribution in [1.29, 1.82) is 0 Å². The summed E-state index contributed by atoms with van der Waals surface area (Å²) in [5.74, 6) is -2.45. The van der Waals surface area contributed by atoms with Gasteiger partial charge in [-0.15, -0.1) is 0 Å². The Labute approximate surface area is 297 Å². The molecule has 0 bridgehead atoms. The summed E-state index contributed by atoms with van der Waals surface area (Å²) in [5.41, 5.74) is 3.44. The second-order valence-corrected chi connectivity index (χ2v) is 11.8. The van der Waals surface area contributed by atoms with Gasteiger partial charge in [-0.1, -0.05) is 91.0 Å². The van der Waals surface area contributed by atoms with Gasteiger partial charge in [0.15, 0.2) is 0 Å². The van der Waals surface area contributed by atoms with Crippen LogP contribution in [0.3, 0.4) is 0 Å². The Hall–Kier alpha value is -6.04. The number of esters is 1. The molecule has 0 aliphatic carbocycles. The molecule has 0 saturated heterocycles. The third kappa shape index (κ3) is 13.8. The van der Waals surface area contributed by atoms with Crippen LogP contribution in [-0.2, 0) is 54.5 Å². The largest absolute Gasteiger partial charge is 0.464 e. The number of aromatic nitrogens is 1. The summed E-state index contributed by atoms with van der Waals surface area (Å²) in [4.78, 5) is 68.9. The molecule has 0 radical (unpaired) electrons. The highest BCUT2D eigenvalue weighted by atomic mass is 16.5. The fraction of sp³-hybridized carbons (Fsp3) is 0.282. The van der Waals surface area contributed by atoms with Crippen molar-refractivity contribution < 1.29 is 33.4 Å². The molecule has 51 heavy (non-hydrogen) atoms. The van der Waals surface area contributed by atoms with Crippen LogP contribution in [0.5, 0.6) is 0 Å². The van der Waals surface area contributed by atoms with Gasteiger partial charge < -0.3 is 30.7 Å². The summed E-state index contributed by atoms with van der Waals surface area (Å²) in [5, 5.41) is 10.4. The highest BCUT2D eigenvalue weighted by Gasteiger charge is 2.28. The van der Waals surface area contributed by atoms with Gasteiger partial charge in [-0.05, 0) is 54.2 Å². The lowest BCUT2D eigenvalue weighted by Gasteiger charge is -2.23. The Morgan fingerprint density at radius 2 is 1.20 bits per heavy atom. The fourth-order valence-electron chi connectivity index (χ4n) is 5.05. The van der Waals surface area contributed by atoms with Gasteiger partial charge >= 0.3 is 12.1 Å². The van der Waals surface area contributed by atoms with Crippen molar-refractivity contribution >= 4 is 29.8 Å². The Morgan fingerprint density at radius 1 is 0.627 bits per heavy atom. The molecule has 4 aromatic rings. The van der Waals surface area contributed by atoms with Crippen molar-refractivity contribution in [1.82, 2.24) is 26.3 Å². The lowest BCUT2D eigenvalue weighted by Crippen LogP contribution is -2.55. The van der Waals surface area contributed by atoms with E-state index < -0.39 is 54.5 Å². The average Bonchev–Trinajstić information content (AvgIpc) is 3.15. The SMILES string of the molecule is C[C@H](NC(=O)OCc1ccccc1)C(=O)NCC(=O)N[C@@H](Cc1ccccc1)C(=O)N[C@@H](Cc1ccccc1)C(=O)OCCCc1ccncc1. The average molecular weight is 694 g/mol. The third-order valence-electron chi connectivity index (χ3n) is 7.79. The third-order valence-corrected chi connectivity index (χ3v) is 7.79. The number of benzene rings is 3. The van der Waals surface area contributed by atoms with E-state index in [2.05, 4.69) is 26.3 Å². The normalized spacial score (nSPS) is 12.3. The second-order valence-electron chi connectivity index (χ2n) is 11.8. The topological polar surface area (TPSA) is 165 Å². The molecule has 0 unspecified atom stereocenters. The molecule has 1 heterocycles. The number of carbonyl (C=O) groups is 5. The molecule has 0 aliphatic heterocycles. The molecular weight excluding hydrogens is 650 g/mol. The molecule has 12 heteroatoms. The first kappa shape index (κ1) is 37.8. The number of ether oxygens (including phenoxy) is 2. The van der Waals surface area contributed by atoms with Crippen molar-refractivity contribution in [2.45, 2.75) is 57.3 Å². The Morgan fingerprint density at radius 3 is 1.80 bits per heavy atom. The van der Waals surface area contributed by atoms with E-state index in [4.69, 9.17) is 9.47 Å². The molecule has 12 nitrogen and oxygen atoms in total. The highest BCUT2D eigenvalue weighted by molar-refractivity contribution is 5.93. The zero-order chi connectivity index (χ0) is 36.3. The smallest absolute Gasteiger partial charge is 0.408 e. The van der Waals surface area contributed by atoms with Gasteiger partial charge in [0.05, 0.1) is 13.2 Å². The molecule has 4 rings (SSSR count). The first-order valence-corrected chi connectivity index (χ1v) is 16.7. The van der Waals surface area contributed by atoms with Gasteiger partial charge in [0.1, 0.15) is 24.7 Å². The van der Waals surface area contributed by atoms with Gasteiger partial charge in [-0.2, -0.15) is 0 Å². The number of alkyl carbamates (subject to hydrolysis) is 1. The van der Waals surface area contributed by atoms with Crippen LogP contribution in [-0.4, -0.2) is 66.0 Å². The molecule has 3 aromatic carbocycles. The summed E-state index contributed by atoms with van der Waals surface area (Å²) in [6, 6.07) is 28.1. The standard InChI is InChI=1S/C39H43N5O7/c1-28(42-39(49)51-27-32-16-9-4-10-17-32)36(46)41-26-35(45)43-33(24-30-12-5-2-6-13-30)37(47)44-34(25-31-14-7-3-8-15-31)38(48)50-23-11-18-29-19-21-40-22-20-29/h2-10,12-17,19-22,28,33-34H,11,18,23-27H2,1H3,(H,41,46)(H,42,49)(H,43,45)(H,44,47)/t28-,33-,34-/m0/s1. The molecule has 0 fully saturated rings. The minimum atomic E-state index is -1.09. The van der Waals surface area contributed by atoms with Crippen molar-refractivity contribution in [2.24, 2.45) is 0 Å². The maximum absolute atomic E-state index is 13.7. The van der Waals surface area contributed by atoms with Crippen LogP contribution in [0.2, 0.25) is 0 Å². The number of pyridine rings is 1. The molecule has 266 valence electrons. The lowest BCUT2D eigenvalue weighted by molar-refractivity contribution is -0.148. The number of aryl methyl sites for hydroxylation is 1. The van der Waals surface area contributed by atoms with E-state index >= 15 is 0 Å². The Kier molecular flexibility index (Phi) is 15.2. The Bertz CT molecular complexity index is 1690. The van der Waals surface area contributed by atoms with E-state index in [1.165, 1.54) is 6.92 Å². The summed E-state index contributed by atoms with van der Waals surface area (Å²) in [6.45, 7) is 1.18. The fourth-order valence-corrected chi connectivity index (χ4v) is 5.05. The molecule has 3 atom stereocenters. The molecule has 0 spiro atoms. The minimum absolute atomic E-state index is 0.0323. The number of carbonyl (C=O) groups excluding carboxylic acids is 5. The van der Waals surface area contributed by atoms with E-state index in [1.807, 2.05) is 91.0 Å². The number of nitrogens with one attached hydrogen (secondary N) is 4. The first-order valence-electron chi connectivity index (χ1n) is 16.7. The van der Waals surface area contributed by atoms with Crippen LogP contribution < -0.4 is 21.3 Å². The predicted molar refractivity (Wildman–Crippen MR) is 190 cm³/mol. The quantitative estimate of drug-likeness (QED) is 0.0910. The van der Waals surface area contributed by atoms with Gasteiger partial charge in [0.2, 0.25) is 17.7 Å². The molecule has 1 aromatic heterocycles. The number of rotatable bonds is 18. The first-order chi connectivity index (χ1) is 24.8. The molecule has 4 amide bonds. The summed E-state index contributed by atoms with van der Waals surface area (Å²) < 4.78 is 10.7. The summed E-state index contributed by atoms with van der Waals surface area (Å²) in [6.07, 6.45) is 4.20. The summed E-state index contributed by atoms with van der Waals surface area (Å²) in [7, 11) is 0. The van der Waals surface area contributed by atoms with Crippen molar-refractivity contribution in [2.75, 3.05) is 13.2 Å². The Balaban J connectivity index is 1.34. The molecule has 0 saturated carbocycles. The van der Waals surface area contributed by atoms with Crippen LogP contribution >= 0.6 is 0 Å². The van der Waals surface area contributed by atoms with Gasteiger partial charge in [-0.25, -0.2) is 9.59 Å². The van der Waals surface area contributed by atoms with E-state index in [9.17, 15) is 24.0 Å². The monoisotopic (exact) mass is 693 g/mol. The van der Waals surface area contributed by atoms with Gasteiger partial charge in [0, 0.05) is 25.2 Å². The van der Waals surface area contributed by atoms with Crippen LogP contribution in [0.25, 0.3) is 0 Å². The lowest BCUT2D eigenvalue weighted by atomic mass is 10.0. The van der Waals surface area contributed by atoms with E-state index in [1.54, 1.807) is 24.5 Å². The van der Waals surface area contributed by atoms with Gasteiger partial charge in [-0.3, -0.25) is 19.4 Å². The van der Waals surface area contributed by atoms with Crippen molar-refractivity contribution in [3.63, 3.8) is 0 Å². The zero-order valence-electron chi connectivity index (χ0n) is 28.5. The van der Waals surface area contributed by atoms with E-state index in [0.717, 1.165) is 22.3 Å². The van der Waals surface area contributed by atoms with Crippen LogP contribution in [0.15, 0.2) is 116 Å². The molecular formula is C39H43N5O7. The number of hydrogen-bond donors (Lipinski definition) is 4. The van der Waals surface area contributed by atoms with Crippen molar-refractivity contribution in [3.8, 4) is 0 Å². The highest BCUT2D eigenvalue weighted by Crippen LogP contribution is 2.09. The summed E-state index contributed by atoms with van der Waals surface area (Å²) >= 11 is 0. The maximum atomic E-state index is 13.7. The van der Waals surface area contributed by atoms with Crippen LogP contribution in [0.4, 0.5) is 4.79 Å². The molecule has 4 N–H and O–H groups in total. The van der Waals surface area contributed by atoms with E-state index in [-0.39, 0.29) is 26.1 Å². The molecule has 0 aliphatic rings. The number of nitrogens with zero attached hydrogens (tertiary/aromatic N) is 1. The van der Waals surface area contributed by atoms with Gasteiger partial charge in [0.25, 0.3) is 0 Å². The zero-order valence-corrected chi connectivity index (χ0v) is 28.5. The second kappa shape index (κ2) is 20.5. The van der Waals surface area contributed by atoms with E-state index in [0.29, 0.717) is 12.8 Å². The maximum Gasteiger partial charge on any atom is 0.408 e. The minimum Gasteiger partial charge on any atom is -0.464 e. The predicted octanol–water partition coefficient (Wildman–Crippen LogP) is 3.44. The number of hydrogen-bond acceptors (Lipinski definition) is 8. The number of amides is 4. The van der Waals surface area contributed by atoms with Crippen LogP contribution in [0, 0.1) is 0 Å². The van der Waals surface area contributed by atoms with Crippen LogP contribution in [0.1, 0.15) is 35.6 Å². The van der Waals surface area contributed by atoms with Crippen molar-refractivity contribution in [3.05, 3.63) is 138 Å².